The zero-order chi connectivity index (χ0) is 18.4. The molecule has 0 spiro atoms. The molecular weight excluding hydrogens is 318 g/mol. The molecule has 7 nitrogen and oxygen atoms in total. The Morgan fingerprint density at radius 3 is 2.60 bits per heavy atom. The number of hydrogen-bond donors (Lipinski definition) is 2. The van der Waals surface area contributed by atoms with Crippen molar-refractivity contribution in [2.45, 2.75) is 96.6 Å². The molecule has 7 heteroatoms. The third-order valence-corrected chi connectivity index (χ3v) is 5.09. The number of amides is 2. The van der Waals surface area contributed by atoms with Crippen LogP contribution < -0.4 is 10.6 Å². The Morgan fingerprint density at radius 2 is 2.00 bits per heavy atom. The number of carbonyl (C=O) groups is 1. The van der Waals surface area contributed by atoms with Crippen molar-refractivity contribution in [2.24, 2.45) is 0 Å². The minimum Gasteiger partial charge on any atom is -0.367 e. The van der Waals surface area contributed by atoms with Crippen molar-refractivity contribution in [1.82, 2.24) is 25.4 Å². The predicted octanol–water partition coefficient (Wildman–Crippen LogP) is 2.88. The first-order chi connectivity index (χ1) is 11.6. The summed E-state index contributed by atoms with van der Waals surface area (Å²) in [5, 5.41) is 10.8. The summed E-state index contributed by atoms with van der Waals surface area (Å²) < 4.78 is 8.00. The Kier molecular flexibility index (Phi) is 4.56. The van der Waals surface area contributed by atoms with Crippen LogP contribution >= 0.6 is 0 Å². The van der Waals surface area contributed by atoms with Gasteiger partial charge >= 0.3 is 6.03 Å². The second-order valence-corrected chi connectivity index (χ2v) is 8.74. The third kappa shape index (κ3) is 3.81. The average Bonchev–Trinajstić information content (AvgIpc) is 2.98. The van der Waals surface area contributed by atoms with Crippen LogP contribution in [-0.4, -0.2) is 38.0 Å². The number of fused-ring (bicyclic) bond motifs is 1. The van der Waals surface area contributed by atoms with Crippen LogP contribution in [-0.2, 0) is 11.3 Å². The summed E-state index contributed by atoms with van der Waals surface area (Å²) in [7, 11) is 0. The van der Waals surface area contributed by atoms with Crippen LogP contribution in [0.1, 0.15) is 84.4 Å². The van der Waals surface area contributed by atoms with E-state index in [1.807, 2.05) is 18.5 Å². The maximum Gasteiger partial charge on any atom is 0.315 e. The van der Waals surface area contributed by atoms with Gasteiger partial charge in [-0.25, -0.2) is 14.5 Å². The molecule has 25 heavy (non-hydrogen) atoms. The van der Waals surface area contributed by atoms with Crippen molar-refractivity contribution in [3.8, 4) is 0 Å². The van der Waals surface area contributed by atoms with E-state index in [0.717, 1.165) is 37.5 Å². The third-order valence-electron chi connectivity index (χ3n) is 5.09. The van der Waals surface area contributed by atoms with E-state index in [-0.39, 0.29) is 35.2 Å². The van der Waals surface area contributed by atoms with Crippen molar-refractivity contribution in [1.29, 1.82) is 0 Å². The summed E-state index contributed by atoms with van der Waals surface area (Å²) in [6, 6.07) is -0.269. The van der Waals surface area contributed by atoms with Crippen LogP contribution in [0.25, 0.3) is 0 Å². The monoisotopic (exact) mass is 349 g/mol. The van der Waals surface area contributed by atoms with Gasteiger partial charge in [0.25, 0.3) is 0 Å². The molecule has 0 saturated carbocycles. The van der Waals surface area contributed by atoms with Gasteiger partial charge in [0.05, 0.1) is 23.3 Å². The molecule has 2 N–H and O–H groups in total. The molecule has 2 aliphatic heterocycles. The topological polar surface area (TPSA) is 81.1 Å². The maximum atomic E-state index is 12.6. The molecule has 1 aromatic rings. The average molecular weight is 349 g/mol. The van der Waals surface area contributed by atoms with Gasteiger partial charge in [0.15, 0.2) is 5.82 Å². The maximum absolute atomic E-state index is 12.6. The number of urea groups is 1. The second-order valence-electron chi connectivity index (χ2n) is 8.74. The van der Waals surface area contributed by atoms with Crippen LogP contribution in [0.15, 0.2) is 0 Å². The standard InChI is InChI=1S/C18H31N5O2/c1-11(2)14-21-15-12(8-7-9-23(15)22-14)19-16(24)20-13-10-17(3,4)25-18(13,5)6/h11-13H,7-10H2,1-6H3,(H2,19,20,24)/t12-,13-/m1/s1. The van der Waals surface area contributed by atoms with Gasteiger partial charge in [-0.05, 0) is 47.0 Å². The highest BCUT2D eigenvalue weighted by atomic mass is 16.5. The van der Waals surface area contributed by atoms with Crippen molar-refractivity contribution < 1.29 is 9.53 Å². The van der Waals surface area contributed by atoms with Gasteiger partial charge in [-0.15, -0.1) is 0 Å². The normalized spacial score (nSPS) is 27.2. The van der Waals surface area contributed by atoms with E-state index >= 15 is 0 Å². The minimum atomic E-state index is -0.377. The number of aromatic nitrogens is 3. The number of rotatable bonds is 3. The van der Waals surface area contributed by atoms with Gasteiger partial charge in [-0.1, -0.05) is 13.8 Å². The Labute approximate surface area is 149 Å². The Balaban J connectivity index is 1.67. The molecule has 0 radical (unpaired) electrons. The highest BCUT2D eigenvalue weighted by molar-refractivity contribution is 5.75. The van der Waals surface area contributed by atoms with Crippen LogP contribution in [0.3, 0.4) is 0 Å². The largest absolute Gasteiger partial charge is 0.367 e. The highest BCUT2D eigenvalue weighted by Gasteiger charge is 2.46. The van der Waals surface area contributed by atoms with Gasteiger partial charge < -0.3 is 15.4 Å². The van der Waals surface area contributed by atoms with Crippen molar-refractivity contribution in [2.75, 3.05) is 0 Å². The Bertz CT molecular complexity index is 650. The van der Waals surface area contributed by atoms with Gasteiger partial charge in [0.2, 0.25) is 0 Å². The molecule has 1 fully saturated rings. The van der Waals surface area contributed by atoms with E-state index in [1.54, 1.807) is 0 Å². The summed E-state index contributed by atoms with van der Waals surface area (Å²) in [6.07, 6.45) is 2.68. The molecule has 0 unspecified atom stereocenters. The number of nitrogens with zero attached hydrogens (tertiary/aromatic N) is 3. The number of carbonyl (C=O) groups excluding carboxylic acids is 1. The van der Waals surface area contributed by atoms with Crippen LogP contribution in [0, 0.1) is 0 Å². The van der Waals surface area contributed by atoms with E-state index in [2.05, 4.69) is 48.4 Å². The van der Waals surface area contributed by atoms with E-state index < -0.39 is 0 Å². The first kappa shape index (κ1) is 18.2. The van der Waals surface area contributed by atoms with Crippen molar-refractivity contribution in [3.05, 3.63) is 11.6 Å². The van der Waals surface area contributed by atoms with Crippen LogP contribution in [0.5, 0.6) is 0 Å². The van der Waals surface area contributed by atoms with Gasteiger partial charge in [-0.2, -0.15) is 5.10 Å². The summed E-state index contributed by atoms with van der Waals surface area (Å²) in [5.74, 6) is 2.00. The van der Waals surface area contributed by atoms with E-state index in [1.165, 1.54) is 0 Å². The van der Waals surface area contributed by atoms with Gasteiger partial charge in [-0.3, -0.25) is 0 Å². The molecule has 3 heterocycles. The SMILES string of the molecule is CC(C)c1nc2n(n1)CCC[C@H]2NC(=O)N[C@@H]1CC(C)(C)OC1(C)C. The zero-order valence-electron chi connectivity index (χ0n) is 16.2. The molecule has 3 rings (SSSR count). The minimum absolute atomic E-state index is 0.0183. The summed E-state index contributed by atoms with van der Waals surface area (Å²) in [6.45, 7) is 13.2. The first-order valence-electron chi connectivity index (χ1n) is 9.29. The van der Waals surface area contributed by atoms with Crippen molar-refractivity contribution >= 4 is 6.03 Å². The first-order valence-corrected chi connectivity index (χ1v) is 9.29. The second kappa shape index (κ2) is 6.27. The Hall–Kier alpha value is -1.63. The number of nitrogens with one attached hydrogen (secondary N) is 2. The van der Waals surface area contributed by atoms with Crippen molar-refractivity contribution in [3.63, 3.8) is 0 Å². The lowest BCUT2D eigenvalue weighted by Crippen LogP contribution is -2.50. The number of ether oxygens (including phenoxy) is 1. The fourth-order valence-corrected chi connectivity index (χ4v) is 3.90. The fraction of sp³-hybridized carbons (Fsp3) is 0.833. The number of hydrogen-bond acceptors (Lipinski definition) is 4. The molecule has 1 saturated heterocycles. The van der Waals surface area contributed by atoms with E-state index in [0.29, 0.717) is 0 Å². The van der Waals surface area contributed by atoms with E-state index in [9.17, 15) is 4.79 Å². The quantitative estimate of drug-likeness (QED) is 0.879. The summed E-state index contributed by atoms with van der Waals surface area (Å²) in [4.78, 5) is 17.2. The molecule has 0 aliphatic carbocycles. The smallest absolute Gasteiger partial charge is 0.315 e. The molecule has 2 amide bonds. The zero-order valence-corrected chi connectivity index (χ0v) is 16.2. The lowest BCUT2D eigenvalue weighted by molar-refractivity contribution is -0.0691. The molecular formula is C18H31N5O2. The molecule has 2 aliphatic rings. The fourth-order valence-electron chi connectivity index (χ4n) is 3.90. The molecule has 1 aromatic heterocycles. The number of aryl methyl sites for hydroxylation is 1. The highest BCUT2D eigenvalue weighted by Crippen LogP contribution is 2.37. The molecule has 0 aromatic carbocycles. The van der Waals surface area contributed by atoms with Crippen LogP contribution in [0.4, 0.5) is 4.79 Å². The van der Waals surface area contributed by atoms with E-state index in [4.69, 9.17) is 4.74 Å². The molecule has 2 atom stereocenters. The molecule has 140 valence electrons. The molecule has 0 bridgehead atoms. The van der Waals surface area contributed by atoms with Gasteiger partial charge in [0, 0.05) is 12.5 Å². The summed E-state index contributed by atoms with van der Waals surface area (Å²) in [5.41, 5.74) is -0.600. The lowest BCUT2D eigenvalue weighted by Gasteiger charge is -2.29. The predicted molar refractivity (Wildman–Crippen MR) is 95.4 cm³/mol. The van der Waals surface area contributed by atoms with Gasteiger partial charge in [0.1, 0.15) is 5.82 Å². The summed E-state index contributed by atoms with van der Waals surface area (Å²) >= 11 is 0. The lowest BCUT2D eigenvalue weighted by atomic mass is 9.94. The Morgan fingerprint density at radius 1 is 1.28 bits per heavy atom. The van der Waals surface area contributed by atoms with Crippen LogP contribution in [0.2, 0.25) is 0 Å².